The fourth-order valence-corrected chi connectivity index (χ4v) is 2.56. The topological polar surface area (TPSA) is 103 Å². The molecule has 7 heteroatoms. The van der Waals surface area contributed by atoms with Crippen molar-refractivity contribution in [1.82, 2.24) is 15.0 Å². The Hall–Kier alpha value is -3.48. The smallest absolute Gasteiger partial charge is 0.306 e. The third-order valence-electron chi connectivity index (χ3n) is 3.93. The summed E-state index contributed by atoms with van der Waals surface area (Å²) in [6.07, 6.45) is 0.277. The Morgan fingerprint density at radius 3 is 2.41 bits per heavy atom. The van der Waals surface area contributed by atoms with Gasteiger partial charge in [-0.2, -0.15) is 15.0 Å². The predicted octanol–water partition coefficient (Wildman–Crippen LogP) is 3.43. The van der Waals surface area contributed by atoms with Gasteiger partial charge in [0.15, 0.2) is 12.4 Å². The second kappa shape index (κ2) is 8.75. The van der Waals surface area contributed by atoms with Gasteiger partial charge < -0.3 is 15.8 Å². The number of nitrogens with one attached hydrogen (secondary N) is 1. The predicted molar refractivity (Wildman–Crippen MR) is 103 cm³/mol. The van der Waals surface area contributed by atoms with Crippen LogP contribution >= 0.6 is 0 Å². The van der Waals surface area contributed by atoms with Gasteiger partial charge in [-0.3, -0.25) is 4.79 Å². The number of carbonyl (C=O) groups is 1. The summed E-state index contributed by atoms with van der Waals surface area (Å²) in [7, 11) is 0. The largest absolute Gasteiger partial charge is 0.457 e. The summed E-state index contributed by atoms with van der Waals surface area (Å²) in [5.74, 6) is 0.409. The molecule has 0 aliphatic rings. The number of benzene rings is 2. The van der Waals surface area contributed by atoms with E-state index in [1.165, 1.54) is 0 Å². The Kier molecular flexibility index (Phi) is 5.94. The van der Waals surface area contributed by atoms with Crippen LogP contribution in [-0.2, 0) is 16.1 Å². The van der Waals surface area contributed by atoms with Gasteiger partial charge in [-0.05, 0) is 23.6 Å². The van der Waals surface area contributed by atoms with Crippen molar-refractivity contribution in [2.75, 3.05) is 11.1 Å². The molecule has 1 atom stereocenters. The molecule has 138 valence electrons. The van der Waals surface area contributed by atoms with Crippen molar-refractivity contribution in [2.24, 2.45) is 0 Å². The number of esters is 1. The Morgan fingerprint density at radius 2 is 1.70 bits per heavy atom. The van der Waals surface area contributed by atoms with Crippen LogP contribution in [0.3, 0.4) is 0 Å². The van der Waals surface area contributed by atoms with Gasteiger partial charge in [-0.25, -0.2) is 0 Å². The van der Waals surface area contributed by atoms with Crippen molar-refractivity contribution >= 4 is 23.6 Å². The quantitative estimate of drug-likeness (QED) is 0.620. The highest BCUT2D eigenvalue weighted by atomic mass is 16.5. The van der Waals surface area contributed by atoms with Crippen molar-refractivity contribution < 1.29 is 9.53 Å². The van der Waals surface area contributed by atoms with Crippen LogP contribution in [0.15, 0.2) is 60.7 Å². The fraction of sp³-hybridized carbons (Fsp3) is 0.200. The van der Waals surface area contributed by atoms with Gasteiger partial charge in [0.25, 0.3) is 0 Å². The van der Waals surface area contributed by atoms with Crippen LogP contribution in [0.25, 0.3) is 0 Å². The van der Waals surface area contributed by atoms with E-state index in [0.29, 0.717) is 11.8 Å². The van der Waals surface area contributed by atoms with Crippen molar-refractivity contribution in [3.63, 3.8) is 0 Å². The molecule has 0 aliphatic carbocycles. The van der Waals surface area contributed by atoms with E-state index in [4.69, 9.17) is 10.5 Å². The number of nitrogens with two attached hydrogens (primary N) is 1. The maximum absolute atomic E-state index is 12.1. The number of aromatic nitrogens is 3. The zero-order chi connectivity index (χ0) is 19.1. The molecule has 3 rings (SSSR count). The average molecular weight is 363 g/mol. The number of nitrogen functional groups attached to an aromatic ring is 1. The first-order valence-corrected chi connectivity index (χ1v) is 8.63. The van der Waals surface area contributed by atoms with Gasteiger partial charge in [0.2, 0.25) is 11.9 Å². The molecule has 0 aliphatic heterocycles. The minimum absolute atomic E-state index is 0.0590. The van der Waals surface area contributed by atoms with Gasteiger partial charge in [0.1, 0.15) is 0 Å². The molecule has 0 bridgehead atoms. The standard InChI is InChI=1S/C20H21N5O2/c1-14(15-8-4-2-5-9-15)12-18(26)27-13-17-23-19(21)25-20(24-17)22-16-10-6-3-7-11-16/h2-11,14H,12-13H2,1H3,(H3,21,22,23,24,25)/t14-/m1/s1. The van der Waals surface area contributed by atoms with E-state index < -0.39 is 0 Å². The SMILES string of the molecule is C[C@H](CC(=O)OCc1nc(N)nc(Nc2ccccc2)n1)c1ccccc1. The number of ether oxygens (including phenoxy) is 1. The van der Waals surface area contributed by atoms with Gasteiger partial charge in [0.05, 0.1) is 6.42 Å². The molecule has 2 aromatic carbocycles. The molecule has 0 spiro atoms. The second-order valence-corrected chi connectivity index (χ2v) is 6.10. The third kappa shape index (κ3) is 5.50. The molecule has 3 aromatic rings. The highest BCUT2D eigenvalue weighted by Crippen LogP contribution is 2.19. The number of carbonyl (C=O) groups excluding carboxylic acids is 1. The Balaban J connectivity index is 1.58. The normalized spacial score (nSPS) is 11.6. The number of anilines is 3. The minimum Gasteiger partial charge on any atom is -0.457 e. The van der Waals surface area contributed by atoms with Gasteiger partial charge in [-0.15, -0.1) is 0 Å². The minimum atomic E-state index is -0.317. The van der Waals surface area contributed by atoms with Crippen LogP contribution < -0.4 is 11.1 Å². The van der Waals surface area contributed by atoms with E-state index in [1.807, 2.05) is 67.6 Å². The zero-order valence-electron chi connectivity index (χ0n) is 15.0. The summed E-state index contributed by atoms with van der Waals surface area (Å²) in [5, 5.41) is 3.04. The molecule has 0 saturated heterocycles. The van der Waals surface area contributed by atoms with E-state index >= 15 is 0 Å². The van der Waals surface area contributed by atoms with Crippen molar-refractivity contribution in [2.45, 2.75) is 25.9 Å². The number of para-hydroxylation sites is 1. The third-order valence-corrected chi connectivity index (χ3v) is 3.93. The van der Waals surface area contributed by atoms with Crippen LogP contribution in [-0.4, -0.2) is 20.9 Å². The molecule has 1 aromatic heterocycles. The Bertz CT molecular complexity index is 887. The highest BCUT2D eigenvalue weighted by Gasteiger charge is 2.13. The number of nitrogens with zero attached hydrogens (tertiary/aromatic N) is 3. The molecule has 0 amide bonds. The van der Waals surface area contributed by atoms with Crippen molar-refractivity contribution in [3.05, 3.63) is 72.1 Å². The van der Waals surface area contributed by atoms with Crippen LogP contribution in [0.1, 0.15) is 30.7 Å². The van der Waals surface area contributed by atoms with E-state index in [9.17, 15) is 4.79 Å². The lowest BCUT2D eigenvalue weighted by molar-refractivity contribution is -0.145. The van der Waals surface area contributed by atoms with Gasteiger partial charge >= 0.3 is 5.97 Å². The first-order chi connectivity index (χ1) is 13.1. The molecule has 3 N–H and O–H groups in total. The van der Waals surface area contributed by atoms with Crippen molar-refractivity contribution in [1.29, 1.82) is 0 Å². The molecular formula is C20H21N5O2. The highest BCUT2D eigenvalue weighted by molar-refractivity contribution is 5.70. The maximum Gasteiger partial charge on any atom is 0.306 e. The monoisotopic (exact) mass is 363 g/mol. The molecular weight excluding hydrogens is 342 g/mol. The molecule has 0 radical (unpaired) electrons. The lowest BCUT2D eigenvalue weighted by Gasteiger charge is -2.11. The number of rotatable bonds is 7. The number of hydrogen-bond acceptors (Lipinski definition) is 7. The second-order valence-electron chi connectivity index (χ2n) is 6.10. The number of hydrogen-bond donors (Lipinski definition) is 2. The maximum atomic E-state index is 12.1. The molecule has 0 saturated carbocycles. The molecule has 0 fully saturated rings. The molecule has 0 unspecified atom stereocenters. The van der Waals surface area contributed by atoms with Crippen LogP contribution in [0.4, 0.5) is 17.6 Å². The van der Waals surface area contributed by atoms with E-state index in [-0.39, 0.29) is 30.9 Å². The lowest BCUT2D eigenvalue weighted by atomic mass is 9.98. The Labute approximate surface area is 157 Å². The molecule has 7 nitrogen and oxygen atoms in total. The van der Waals surface area contributed by atoms with Crippen molar-refractivity contribution in [3.8, 4) is 0 Å². The van der Waals surface area contributed by atoms with Crippen LogP contribution in [0, 0.1) is 0 Å². The van der Waals surface area contributed by atoms with Gasteiger partial charge in [0, 0.05) is 5.69 Å². The van der Waals surface area contributed by atoms with Gasteiger partial charge in [-0.1, -0.05) is 55.5 Å². The molecule has 27 heavy (non-hydrogen) atoms. The summed E-state index contributed by atoms with van der Waals surface area (Å²) in [5.41, 5.74) is 7.65. The van der Waals surface area contributed by atoms with E-state index in [1.54, 1.807) is 0 Å². The Morgan fingerprint density at radius 1 is 1.04 bits per heavy atom. The first-order valence-electron chi connectivity index (χ1n) is 8.63. The lowest BCUT2D eigenvalue weighted by Crippen LogP contribution is -2.12. The summed E-state index contributed by atoms with van der Waals surface area (Å²) in [6.45, 7) is 1.93. The van der Waals surface area contributed by atoms with Crippen LogP contribution in [0.5, 0.6) is 0 Å². The summed E-state index contributed by atoms with van der Waals surface area (Å²) in [4.78, 5) is 24.4. The zero-order valence-corrected chi connectivity index (χ0v) is 15.0. The summed E-state index contributed by atoms with van der Waals surface area (Å²) < 4.78 is 5.31. The first kappa shape index (κ1) is 18.3. The fourth-order valence-electron chi connectivity index (χ4n) is 2.56. The summed E-state index contributed by atoms with van der Waals surface area (Å²) >= 11 is 0. The van der Waals surface area contributed by atoms with E-state index in [0.717, 1.165) is 11.3 Å². The molecule has 1 heterocycles. The van der Waals surface area contributed by atoms with E-state index in [2.05, 4.69) is 20.3 Å². The summed E-state index contributed by atoms with van der Waals surface area (Å²) in [6, 6.07) is 19.3. The average Bonchev–Trinajstić information content (AvgIpc) is 2.67. The van der Waals surface area contributed by atoms with Crippen LogP contribution in [0.2, 0.25) is 0 Å².